The van der Waals surface area contributed by atoms with Crippen LogP contribution in [-0.4, -0.2) is 38.4 Å². The maximum Gasteiger partial charge on any atom is 0.245 e. The smallest absolute Gasteiger partial charge is 0.245 e. The minimum atomic E-state index is -0.950. The lowest BCUT2D eigenvalue weighted by molar-refractivity contribution is -0.222. The molecule has 1 aromatic rings. The first-order valence-corrected chi connectivity index (χ1v) is 8.29. The molecule has 3 unspecified atom stereocenters. The van der Waals surface area contributed by atoms with Crippen LogP contribution in [0, 0.1) is 11.3 Å². The molecule has 24 heavy (non-hydrogen) atoms. The van der Waals surface area contributed by atoms with Gasteiger partial charge in [0, 0.05) is 41.8 Å². The van der Waals surface area contributed by atoms with E-state index in [2.05, 4.69) is 5.32 Å². The van der Waals surface area contributed by atoms with Gasteiger partial charge in [0.05, 0.1) is 20.3 Å². The zero-order valence-corrected chi connectivity index (χ0v) is 14.7. The summed E-state index contributed by atoms with van der Waals surface area (Å²) in [5, 5.41) is 2.94. The Morgan fingerprint density at radius 3 is 2.46 bits per heavy atom. The monoisotopic (exact) mass is 334 g/mol. The molecule has 1 amide bonds. The van der Waals surface area contributed by atoms with Gasteiger partial charge < -0.3 is 25.3 Å². The van der Waals surface area contributed by atoms with Crippen molar-refractivity contribution in [2.24, 2.45) is 17.1 Å². The molecule has 0 bridgehead atoms. The van der Waals surface area contributed by atoms with Crippen molar-refractivity contribution in [3.63, 3.8) is 0 Å². The lowest BCUT2D eigenvalue weighted by Gasteiger charge is -2.65. The number of carbonyl (C=O) groups is 1. The van der Waals surface area contributed by atoms with Crippen LogP contribution in [0.4, 0.5) is 5.69 Å². The Bertz CT molecular complexity index is 624. The van der Waals surface area contributed by atoms with Crippen LogP contribution in [0.25, 0.3) is 0 Å². The minimum absolute atomic E-state index is 0.0434. The maximum atomic E-state index is 13.0. The minimum Gasteiger partial charge on any atom is -0.497 e. The zero-order valence-electron chi connectivity index (χ0n) is 14.7. The number of nitrogens with one attached hydrogen (secondary N) is 1. The van der Waals surface area contributed by atoms with Crippen molar-refractivity contribution in [2.75, 3.05) is 26.1 Å². The summed E-state index contributed by atoms with van der Waals surface area (Å²) in [6, 6.07) is 5.26. The lowest BCUT2D eigenvalue weighted by atomic mass is 9.46. The molecule has 1 saturated carbocycles. The summed E-state index contributed by atoms with van der Waals surface area (Å²) in [6.07, 6.45) is 1.90. The number of anilines is 1. The molecular formula is C18H26N2O4. The fraction of sp³-hybridized carbons (Fsp3) is 0.611. The third-order valence-electron chi connectivity index (χ3n) is 5.67. The summed E-state index contributed by atoms with van der Waals surface area (Å²) in [7, 11) is 3.15. The van der Waals surface area contributed by atoms with E-state index in [1.807, 2.05) is 13.8 Å². The number of nitrogens with two attached hydrogens (primary N) is 1. The van der Waals surface area contributed by atoms with E-state index in [9.17, 15) is 4.79 Å². The Hall–Kier alpha value is -1.79. The molecule has 6 heteroatoms. The molecule has 0 spiro atoms. The largest absolute Gasteiger partial charge is 0.497 e. The molecule has 2 fully saturated rings. The van der Waals surface area contributed by atoms with E-state index in [4.69, 9.17) is 19.9 Å². The van der Waals surface area contributed by atoms with Gasteiger partial charge in [-0.1, -0.05) is 13.8 Å². The zero-order chi connectivity index (χ0) is 17.5. The molecule has 3 rings (SSSR count). The summed E-state index contributed by atoms with van der Waals surface area (Å²) in [6.45, 7) is 4.76. The molecule has 1 saturated heterocycles. The molecule has 3 N–H and O–H groups in total. The quantitative estimate of drug-likeness (QED) is 0.882. The highest BCUT2D eigenvalue weighted by molar-refractivity contribution is 6.00. The summed E-state index contributed by atoms with van der Waals surface area (Å²) in [4.78, 5) is 13.0. The van der Waals surface area contributed by atoms with Crippen LogP contribution in [0.3, 0.4) is 0 Å². The van der Waals surface area contributed by atoms with Gasteiger partial charge in [-0.2, -0.15) is 0 Å². The van der Waals surface area contributed by atoms with Crippen molar-refractivity contribution in [3.05, 3.63) is 18.2 Å². The Balaban J connectivity index is 1.84. The predicted molar refractivity (Wildman–Crippen MR) is 91.3 cm³/mol. The highest BCUT2D eigenvalue weighted by Crippen LogP contribution is 2.57. The van der Waals surface area contributed by atoms with Gasteiger partial charge in [-0.15, -0.1) is 0 Å². The molecule has 132 valence electrons. The van der Waals surface area contributed by atoms with Gasteiger partial charge in [0.2, 0.25) is 5.91 Å². The van der Waals surface area contributed by atoms with Crippen LogP contribution in [0.1, 0.15) is 26.7 Å². The van der Waals surface area contributed by atoms with Crippen molar-refractivity contribution < 1.29 is 19.0 Å². The van der Waals surface area contributed by atoms with Crippen LogP contribution in [0.15, 0.2) is 18.2 Å². The van der Waals surface area contributed by atoms with E-state index in [0.717, 1.165) is 19.4 Å². The van der Waals surface area contributed by atoms with Crippen molar-refractivity contribution in [2.45, 2.75) is 38.3 Å². The normalized spacial score (nSPS) is 30.7. The molecule has 0 aromatic heterocycles. The van der Waals surface area contributed by atoms with E-state index >= 15 is 0 Å². The molecular weight excluding hydrogens is 308 g/mol. The second-order valence-electron chi connectivity index (χ2n) is 7.19. The van der Waals surface area contributed by atoms with Crippen molar-refractivity contribution in [3.8, 4) is 11.5 Å². The first-order valence-electron chi connectivity index (χ1n) is 8.29. The number of rotatable bonds is 4. The number of ether oxygens (including phenoxy) is 3. The number of fused-ring (bicyclic) bond motifs is 1. The fourth-order valence-electron chi connectivity index (χ4n) is 4.15. The number of methoxy groups -OCH3 is 2. The summed E-state index contributed by atoms with van der Waals surface area (Å²) in [5.74, 6) is 1.09. The number of amides is 1. The van der Waals surface area contributed by atoms with Gasteiger partial charge >= 0.3 is 0 Å². The summed E-state index contributed by atoms with van der Waals surface area (Å²) in [5.41, 5.74) is 5.86. The molecule has 1 aliphatic heterocycles. The van der Waals surface area contributed by atoms with E-state index in [-0.39, 0.29) is 17.9 Å². The van der Waals surface area contributed by atoms with Crippen LogP contribution in [0.2, 0.25) is 0 Å². The van der Waals surface area contributed by atoms with Gasteiger partial charge in [0.15, 0.2) is 0 Å². The number of hydrogen-bond donors (Lipinski definition) is 2. The first kappa shape index (κ1) is 17.0. The second kappa shape index (κ2) is 5.93. The van der Waals surface area contributed by atoms with Crippen LogP contribution >= 0.6 is 0 Å². The van der Waals surface area contributed by atoms with E-state index in [1.165, 1.54) is 0 Å². The highest BCUT2D eigenvalue weighted by atomic mass is 16.5. The van der Waals surface area contributed by atoms with Gasteiger partial charge in [-0.3, -0.25) is 4.79 Å². The average Bonchev–Trinajstić information content (AvgIpc) is 2.60. The van der Waals surface area contributed by atoms with Crippen LogP contribution in [-0.2, 0) is 9.53 Å². The second-order valence-corrected chi connectivity index (χ2v) is 7.19. The maximum absolute atomic E-state index is 13.0. The summed E-state index contributed by atoms with van der Waals surface area (Å²) < 4.78 is 16.4. The van der Waals surface area contributed by atoms with Crippen molar-refractivity contribution >= 4 is 11.6 Å². The Morgan fingerprint density at radius 1 is 1.25 bits per heavy atom. The molecule has 6 nitrogen and oxygen atoms in total. The SMILES string of the molecule is COc1cc(NC(=O)C2(N)C3CCCOC3C2(C)C)cc(OC)c1. The molecule has 3 atom stereocenters. The molecule has 2 aliphatic rings. The molecule has 0 radical (unpaired) electrons. The molecule has 1 aliphatic carbocycles. The summed E-state index contributed by atoms with van der Waals surface area (Å²) >= 11 is 0. The van der Waals surface area contributed by atoms with Crippen molar-refractivity contribution in [1.29, 1.82) is 0 Å². The van der Waals surface area contributed by atoms with Gasteiger partial charge in [-0.25, -0.2) is 0 Å². The Morgan fingerprint density at radius 2 is 1.88 bits per heavy atom. The lowest BCUT2D eigenvalue weighted by Crippen LogP contribution is -2.81. The Labute approximate surface area is 142 Å². The molecule has 1 aromatic carbocycles. The number of hydrogen-bond acceptors (Lipinski definition) is 5. The van der Waals surface area contributed by atoms with Gasteiger partial charge in [0.25, 0.3) is 0 Å². The standard InChI is InChI=1S/C18H26N2O4/c1-17(2)15-14(6-5-7-24-15)18(17,19)16(21)20-11-8-12(22-3)10-13(9-11)23-4/h8-10,14-15H,5-7,19H2,1-4H3,(H,20,21). The van der Waals surface area contributed by atoms with Gasteiger partial charge in [-0.05, 0) is 12.8 Å². The molecule has 1 heterocycles. The highest BCUT2D eigenvalue weighted by Gasteiger charge is 2.70. The van der Waals surface area contributed by atoms with Crippen LogP contribution < -0.4 is 20.5 Å². The van der Waals surface area contributed by atoms with Crippen LogP contribution in [0.5, 0.6) is 11.5 Å². The third kappa shape index (κ3) is 2.36. The Kier molecular flexibility index (Phi) is 4.21. The first-order chi connectivity index (χ1) is 11.3. The van der Waals surface area contributed by atoms with Crippen molar-refractivity contribution in [1.82, 2.24) is 0 Å². The third-order valence-corrected chi connectivity index (χ3v) is 5.67. The topological polar surface area (TPSA) is 82.8 Å². The van der Waals surface area contributed by atoms with E-state index in [0.29, 0.717) is 17.2 Å². The average molecular weight is 334 g/mol. The van der Waals surface area contributed by atoms with E-state index in [1.54, 1.807) is 32.4 Å². The fourth-order valence-corrected chi connectivity index (χ4v) is 4.15. The number of benzene rings is 1. The number of carbonyl (C=O) groups excluding carboxylic acids is 1. The van der Waals surface area contributed by atoms with Gasteiger partial charge in [0.1, 0.15) is 17.0 Å². The van der Waals surface area contributed by atoms with E-state index < -0.39 is 11.0 Å². The predicted octanol–water partition coefficient (Wildman–Crippen LogP) is 2.17.